The fraction of sp³-hybridized carbons (Fsp3) is 0.529. The number of hydrogen-bond acceptors (Lipinski definition) is 3. The number of unbranched alkanes of at least 4 members (excludes halogenated alkanes) is 1. The van der Waals surface area contributed by atoms with Gasteiger partial charge < -0.3 is 10.1 Å². The van der Waals surface area contributed by atoms with Crippen molar-refractivity contribution in [2.24, 2.45) is 5.41 Å². The molecule has 4 nitrogen and oxygen atoms in total. The molecule has 0 radical (unpaired) electrons. The molecule has 0 atom stereocenters. The van der Waals surface area contributed by atoms with E-state index >= 15 is 0 Å². The third-order valence-corrected chi connectivity index (χ3v) is 3.13. The molecule has 0 aromatic heterocycles. The van der Waals surface area contributed by atoms with Gasteiger partial charge in [0.2, 0.25) is 0 Å². The van der Waals surface area contributed by atoms with Crippen molar-refractivity contribution in [3.05, 3.63) is 29.8 Å². The van der Waals surface area contributed by atoms with Crippen molar-refractivity contribution in [2.75, 3.05) is 13.2 Å². The van der Waals surface area contributed by atoms with Crippen LogP contribution in [0, 0.1) is 5.41 Å². The highest BCUT2D eigenvalue weighted by Gasteiger charge is 2.21. The Balaban J connectivity index is 2.50. The second-order valence-corrected chi connectivity index (χ2v) is 6.08. The Hall–Kier alpha value is -1.84. The van der Waals surface area contributed by atoms with Gasteiger partial charge in [0.1, 0.15) is 5.75 Å². The molecule has 1 aromatic rings. The average Bonchev–Trinajstić information content (AvgIpc) is 2.44. The van der Waals surface area contributed by atoms with Crippen LogP contribution >= 0.6 is 0 Å². The topological polar surface area (TPSA) is 55.4 Å². The summed E-state index contributed by atoms with van der Waals surface area (Å²) in [5, 5.41) is 2.65. The zero-order valence-corrected chi connectivity index (χ0v) is 13.4. The maximum Gasteiger partial charge on any atom is 0.251 e. The van der Waals surface area contributed by atoms with Crippen molar-refractivity contribution in [1.29, 1.82) is 0 Å². The molecular weight excluding hydrogens is 266 g/mol. The van der Waals surface area contributed by atoms with E-state index in [0.717, 1.165) is 18.6 Å². The molecule has 1 rings (SSSR count). The number of carbonyl (C=O) groups is 2. The normalized spacial score (nSPS) is 11.0. The van der Waals surface area contributed by atoms with Crippen molar-refractivity contribution < 1.29 is 14.3 Å². The number of ether oxygens (including phenoxy) is 1. The van der Waals surface area contributed by atoms with Crippen molar-refractivity contribution in [3.63, 3.8) is 0 Å². The molecule has 0 saturated heterocycles. The number of Topliss-reactive ketones (excluding diaryl/α,β-unsaturated/α-hetero) is 1. The molecule has 0 aliphatic heterocycles. The van der Waals surface area contributed by atoms with Gasteiger partial charge in [-0.3, -0.25) is 9.59 Å². The molecule has 0 unspecified atom stereocenters. The molecule has 0 saturated carbocycles. The number of ketones is 1. The van der Waals surface area contributed by atoms with Crippen molar-refractivity contribution >= 4 is 11.7 Å². The van der Waals surface area contributed by atoms with Crippen LogP contribution in [0.2, 0.25) is 0 Å². The Bertz CT molecular complexity index is 472. The van der Waals surface area contributed by atoms with Gasteiger partial charge in [-0.2, -0.15) is 0 Å². The van der Waals surface area contributed by atoms with Crippen molar-refractivity contribution in [1.82, 2.24) is 5.32 Å². The average molecular weight is 291 g/mol. The van der Waals surface area contributed by atoms with Gasteiger partial charge in [0, 0.05) is 11.0 Å². The van der Waals surface area contributed by atoms with Gasteiger partial charge in [0.15, 0.2) is 5.78 Å². The highest BCUT2D eigenvalue weighted by molar-refractivity contribution is 5.97. The first kappa shape index (κ1) is 17.2. The van der Waals surface area contributed by atoms with Gasteiger partial charge >= 0.3 is 0 Å². The highest BCUT2D eigenvalue weighted by Crippen LogP contribution is 2.14. The van der Waals surface area contributed by atoms with E-state index in [0.29, 0.717) is 12.2 Å². The SMILES string of the molecule is CCCCOc1ccc(C(=O)NCC(=O)C(C)(C)C)cc1. The standard InChI is InChI=1S/C17H25NO3/c1-5-6-11-21-14-9-7-13(8-10-14)16(20)18-12-15(19)17(2,3)4/h7-10H,5-6,11-12H2,1-4H3,(H,18,20). The van der Waals surface area contributed by atoms with Gasteiger partial charge in [-0.05, 0) is 30.7 Å². The molecule has 0 spiro atoms. The van der Waals surface area contributed by atoms with E-state index in [1.165, 1.54) is 0 Å². The lowest BCUT2D eigenvalue weighted by Crippen LogP contribution is -2.35. The number of rotatable bonds is 7. The summed E-state index contributed by atoms with van der Waals surface area (Å²) >= 11 is 0. The Morgan fingerprint density at radius 3 is 2.29 bits per heavy atom. The molecule has 1 amide bonds. The molecule has 0 bridgehead atoms. The second-order valence-electron chi connectivity index (χ2n) is 6.08. The smallest absolute Gasteiger partial charge is 0.251 e. The number of benzene rings is 1. The predicted molar refractivity (Wildman–Crippen MR) is 83.6 cm³/mol. The number of hydrogen-bond donors (Lipinski definition) is 1. The fourth-order valence-electron chi connectivity index (χ4n) is 1.56. The maximum absolute atomic E-state index is 11.9. The van der Waals surface area contributed by atoms with Gasteiger partial charge in [0.05, 0.1) is 13.2 Å². The summed E-state index contributed by atoms with van der Waals surface area (Å²) in [6.07, 6.45) is 2.10. The molecule has 116 valence electrons. The van der Waals surface area contributed by atoms with E-state index in [9.17, 15) is 9.59 Å². The van der Waals surface area contributed by atoms with E-state index in [-0.39, 0.29) is 18.2 Å². The summed E-state index contributed by atoms with van der Waals surface area (Å²) in [6.45, 7) is 8.35. The lowest BCUT2D eigenvalue weighted by atomic mass is 9.91. The highest BCUT2D eigenvalue weighted by atomic mass is 16.5. The molecule has 4 heteroatoms. The Labute approximate surface area is 126 Å². The molecular formula is C17H25NO3. The number of amides is 1. The Morgan fingerprint density at radius 2 is 1.76 bits per heavy atom. The summed E-state index contributed by atoms with van der Waals surface area (Å²) in [4.78, 5) is 23.7. The lowest BCUT2D eigenvalue weighted by Gasteiger charge is -2.16. The molecule has 0 aliphatic rings. The summed E-state index contributed by atoms with van der Waals surface area (Å²) in [5.74, 6) is 0.522. The van der Waals surface area contributed by atoms with E-state index in [1.54, 1.807) is 24.3 Å². The summed E-state index contributed by atoms with van der Waals surface area (Å²) < 4.78 is 5.54. The van der Waals surface area contributed by atoms with Crippen LogP contribution < -0.4 is 10.1 Å². The van der Waals surface area contributed by atoms with E-state index in [4.69, 9.17) is 4.74 Å². The second kappa shape index (κ2) is 7.81. The number of nitrogens with one attached hydrogen (secondary N) is 1. The number of carbonyl (C=O) groups excluding carboxylic acids is 2. The summed E-state index contributed by atoms with van der Waals surface area (Å²) in [7, 11) is 0. The van der Waals surface area contributed by atoms with Crippen LogP contribution in [0.4, 0.5) is 0 Å². The molecule has 21 heavy (non-hydrogen) atoms. The van der Waals surface area contributed by atoms with Crippen molar-refractivity contribution in [2.45, 2.75) is 40.5 Å². The first-order valence-corrected chi connectivity index (χ1v) is 7.39. The Morgan fingerprint density at radius 1 is 1.14 bits per heavy atom. The third-order valence-electron chi connectivity index (χ3n) is 3.13. The van der Waals surface area contributed by atoms with Crippen LogP contribution in [-0.2, 0) is 4.79 Å². The van der Waals surface area contributed by atoms with Crippen LogP contribution in [0.3, 0.4) is 0 Å². The molecule has 1 N–H and O–H groups in total. The van der Waals surface area contributed by atoms with Gasteiger partial charge in [-0.15, -0.1) is 0 Å². The summed E-state index contributed by atoms with van der Waals surface area (Å²) in [5.41, 5.74) is 0.0871. The van der Waals surface area contributed by atoms with Crippen molar-refractivity contribution in [3.8, 4) is 5.75 Å². The quantitative estimate of drug-likeness (QED) is 0.785. The minimum atomic E-state index is -0.440. The molecule has 1 aromatic carbocycles. The minimum absolute atomic E-state index is 0.00960. The monoisotopic (exact) mass is 291 g/mol. The lowest BCUT2D eigenvalue weighted by molar-refractivity contribution is -0.125. The zero-order valence-electron chi connectivity index (χ0n) is 13.4. The van der Waals surface area contributed by atoms with E-state index in [2.05, 4.69) is 12.2 Å². The molecule has 0 fully saturated rings. The van der Waals surface area contributed by atoms with Crippen LogP contribution in [0.1, 0.15) is 50.9 Å². The van der Waals surface area contributed by atoms with Crippen LogP contribution in [-0.4, -0.2) is 24.8 Å². The predicted octanol–water partition coefficient (Wildman–Crippen LogP) is 3.21. The van der Waals surface area contributed by atoms with Gasteiger partial charge in [0.25, 0.3) is 5.91 Å². The summed E-state index contributed by atoms with van der Waals surface area (Å²) in [6, 6.07) is 6.96. The van der Waals surface area contributed by atoms with Crippen LogP contribution in [0.25, 0.3) is 0 Å². The zero-order chi connectivity index (χ0) is 15.9. The third kappa shape index (κ3) is 5.98. The minimum Gasteiger partial charge on any atom is -0.494 e. The molecule has 0 aliphatic carbocycles. The van der Waals surface area contributed by atoms with Crippen LogP contribution in [0.5, 0.6) is 5.75 Å². The van der Waals surface area contributed by atoms with E-state index in [1.807, 2.05) is 20.8 Å². The first-order chi connectivity index (χ1) is 9.84. The maximum atomic E-state index is 11.9. The largest absolute Gasteiger partial charge is 0.494 e. The van der Waals surface area contributed by atoms with Gasteiger partial charge in [-0.25, -0.2) is 0 Å². The van der Waals surface area contributed by atoms with E-state index < -0.39 is 5.41 Å². The van der Waals surface area contributed by atoms with Gasteiger partial charge in [-0.1, -0.05) is 34.1 Å². The first-order valence-electron chi connectivity index (χ1n) is 7.39. The Kier molecular flexibility index (Phi) is 6.40. The molecule has 0 heterocycles. The van der Waals surface area contributed by atoms with Crippen LogP contribution in [0.15, 0.2) is 24.3 Å². The fourth-order valence-corrected chi connectivity index (χ4v) is 1.56.